The number of aromatic nitrogens is 2. The van der Waals surface area contributed by atoms with Crippen LogP contribution in [-0.4, -0.2) is 33.4 Å². The first-order valence-electron chi connectivity index (χ1n) is 6.43. The van der Waals surface area contributed by atoms with Crippen LogP contribution >= 0.6 is 11.6 Å². The summed E-state index contributed by atoms with van der Waals surface area (Å²) >= 11 is 6.08. The smallest absolute Gasteiger partial charge is 0.323 e. The molecule has 1 atom stereocenters. The molecule has 5 nitrogen and oxygen atoms in total. The number of likely N-dealkylation sites (N-methyl/N-ethyl adjacent to an activating group) is 1. The van der Waals surface area contributed by atoms with Crippen LogP contribution in [0.15, 0.2) is 0 Å². The molecule has 0 spiro atoms. The summed E-state index contributed by atoms with van der Waals surface area (Å²) in [5, 5.41) is 17.1. The molecule has 1 aromatic heterocycles. The Bertz CT molecular complexity index is 459. The fraction of sp³-hybridized carbons (Fsp3) is 0.692. The molecule has 0 saturated heterocycles. The largest absolute Gasteiger partial charge is 0.480 e. The van der Waals surface area contributed by atoms with Crippen LogP contribution in [-0.2, 0) is 11.3 Å². The van der Waals surface area contributed by atoms with Gasteiger partial charge in [-0.2, -0.15) is 5.10 Å². The Morgan fingerprint density at radius 2 is 2.11 bits per heavy atom. The first-order chi connectivity index (χ1) is 8.81. The molecule has 2 N–H and O–H groups in total. The molecule has 0 aliphatic carbocycles. The van der Waals surface area contributed by atoms with Crippen molar-refractivity contribution < 1.29 is 9.90 Å². The number of aliphatic carboxylic acids is 1. The standard InChI is InChI=1S/C13H22ClN3O2/c1-9-11(14)10(2)17(16-9)8-6-5-7-13(3,15-4)12(18)19/h15H,5-8H2,1-4H3,(H,18,19). The number of hydrogen-bond acceptors (Lipinski definition) is 3. The second-order valence-corrected chi connectivity index (χ2v) is 5.43. The van der Waals surface area contributed by atoms with Gasteiger partial charge in [-0.05, 0) is 47.1 Å². The Balaban J connectivity index is 2.47. The van der Waals surface area contributed by atoms with Crippen LogP contribution < -0.4 is 5.32 Å². The van der Waals surface area contributed by atoms with Crippen molar-refractivity contribution in [2.75, 3.05) is 7.05 Å². The average Bonchev–Trinajstić information content (AvgIpc) is 2.61. The summed E-state index contributed by atoms with van der Waals surface area (Å²) in [7, 11) is 1.68. The predicted octanol–water partition coefficient (Wildman–Crippen LogP) is 2.39. The molecule has 19 heavy (non-hydrogen) atoms. The Kier molecular flexibility index (Phi) is 5.38. The molecule has 1 unspecified atom stereocenters. The van der Waals surface area contributed by atoms with E-state index in [0.717, 1.165) is 30.8 Å². The third kappa shape index (κ3) is 3.70. The summed E-state index contributed by atoms with van der Waals surface area (Å²) in [4.78, 5) is 11.1. The van der Waals surface area contributed by atoms with E-state index in [2.05, 4.69) is 10.4 Å². The maximum atomic E-state index is 11.1. The normalized spacial score (nSPS) is 14.4. The van der Waals surface area contributed by atoms with Gasteiger partial charge in [0.05, 0.1) is 16.4 Å². The van der Waals surface area contributed by atoms with Crippen molar-refractivity contribution in [1.29, 1.82) is 0 Å². The van der Waals surface area contributed by atoms with Gasteiger partial charge in [-0.25, -0.2) is 0 Å². The maximum Gasteiger partial charge on any atom is 0.323 e. The number of carboxylic acids is 1. The monoisotopic (exact) mass is 287 g/mol. The van der Waals surface area contributed by atoms with Crippen LogP contribution in [0.25, 0.3) is 0 Å². The van der Waals surface area contributed by atoms with Gasteiger partial charge >= 0.3 is 5.97 Å². The van der Waals surface area contributed by atoms with Gasteiger partial charge in [0.1, 0.15) is 5.54 Å². The van der Waals surface area contributed by atoms with Crippen molar-refractivity contribution in [2.24, 2.45) is 0 Å². The predicted molar refractivity (Wildman–Crippen MR) is 75.7 cm³/mol. The zero-order chi connectivity index (χ0) is 14.6. The van der Waals surface area contributed by atoms with E-state index in [-0.39, 0.29) is 0 Å². The summed E-state index contributed by atoms with van der Waals surface area (Å²) in [5.41, 5.74) is 0.950. The first kappa shape index (κ1) is 16.0. The number of rotatable bonds is 7. The lowest BCUT2D eigenvalue weighted by Gasteiger charge is -2.23. The van der Waals surface area contributed by atoms with Crippen LogP contribution in [0.5, 0.6) is 0 Å². The molecule has 0 saturated carbocycles. The Hall–Kier alpha value is -1.07. The van der Waals surface area contributed by atoms with Crippen LogP contribution in [0.1, 0.15) is 37.6 Å². The van der Waals surface area contributed by atoms with Gasteiger partial charge in [-0.3, -0.25) is 9.48 Å². The molecule has 0 bridgehead atoms. The lowest BCUT2D eigenvalue weighted by Crippen LogP contribution is -2.47. The van der Waals surface area contributed by atoms with Crippen molar-refractivity contribution in [2.45, 2.75) is 52.1 Å². The lowest BCUT2D eigenvalue weighted by molar-refractivity contribution is -0.144. The van der Waals surface area contributed by atoms with Crippen molar-refractivity contribution in [3.8, 4) is 0 Å². The van der Waals surface area contributed by atoms with Crippen molar-refractivity contribution in [1.82, 2.24) is 15.1 Å². The molecular formula is C13H22ClN3O2. The van der Waals surface area contributed by atoms with Gasteiger partial charge in [0.15, 0.2) is 0 Å². The summed E-state index contributed by atoms with van der Waals surface area (Å²) < 4.78 is 1.88. The zero-order valence-electron chi connectivity index (χ0n) is 12.0. The minimum absolute atomic E-state index is 0.589. The molecule has 0 radical (unpaired) electrons. The van der Waals surface area contributed by atoms with Gasteiger partial charge in [0.2, 0.25) is 0 Å². The molecule has 1 heterocycles. The Morgan fingerprint density at radius 3 is 2.53 bits per heavy atom. The van der Waals surface area contributed by atoms with Gasteiger partial charge in [0.25, 0.3) is 0 Å². The molecule has 108 valence electrons. The number of nitrogens with zero attached hydrogens (tertiary/aromatic N) is 2. The van der Waals surface area contributed by atoms with Gasteiger partial charge in [0, 0.05) is 6.54 Å². The fourth-order valence-electron chi connectivity index (χ4n) is 1.97. The van der Waals surface area contributed by atoms with E-state index in [1.54, 1.807) is 14.0 Å². The topological polar surface area (TPSA) is 67.2 Å². The molecule has 0 aromatic carbocycles. The first-order valence-corrected chi connectivity index (χ1v) is 6.81. The zero-order valence-corrected chi connectivity index (χ0v) is 12.7. The number of unbranched alkanes of at least 4 members (excludes halogenated alkanes) is 1. The van der Waals surface area contributed by atoms with Crippen molar-refractivity contribution in [3.63, 3.8) is 0 Å². The Morgan fingerprint density at radius 1 is 1.47 bits per heavy atom. The van der Waals surface area contributed by atoms with Gasteiger partial charge in [-0.15, -0.1) is 0 Å². The third-order valence-electron chi connectivity index (χ3n) is 3.61. The highest BCUT2D eigenvalue weighted by Gasteiger charge is 2.30. The van der Waals surface area contributed by atoms with E-state index in [9.17, 15) is 4.79 Å². The Labute approximate surface area is 118 Å². The number of aryl methyl sites for hydroxylation is 2. The van der Waals surface area contributed by atoms with Crippen molar-refractivity contribution in [3.05, 3.63) is 16.4 Å². The quantitative estimate of drug-likeness (QED) is 0.756. The van der Waals surface area contributed by atoms with Crippen LogP contribution in [0.2, 0.25) is 5.02 Å². The highest BCUT2D eigenvalue weighted by molar-refractivity contribution is 6.31. The number of carboxylic acid groups (broad SMARTS) is 1. The third-order valence-corrected chi connectivity index (χ3v) is 4.16. The van der Waals surface area contributed by atoms with Crippen LogP contribution in [0, 0.1) is 13.8 Å². The van der Waals surface area contributed by atoms with Gasteiger partial charge < -0.3 is 10.4 Å². The molecular weight excluding hydrogens is 266 g/mol. The van der Waals surface area contributed by atoms with E-state index < -0.39 is 11.5 Å². The summed E-state index contributed by atoms with van der Waals surface area (Å²) in [5.74, 6) is -0.816. The maximum absolute atomic E-state index is 11.1. The minimum atomic E-state index is -0.854. The molecule has 1 aromatic rings. The highest BCUT2D eigenvalue weighted by atomic mass is 35.5. The number of hydrogen-bond donors (Lipinski definition) is 2. The second kappa shape index (κ2) is 6.39. The van der Waals surface area contributed by atoms with Crippen LogP contribution in [0.3, 0.4) is 0 Å². The number of nitrogens with one attached hydrogen (secondary N) is 1. The molecule has 6 heteroatoms. The van der Waals surface area contributed by atoms with E-state index in [4.69, 9.17) is 16.7 Å². The summed E-state index contributed by atoms with van der Waals surface area (Å²) in [6.45, 7) is 6.29. The van der Waals surface area contributed by atoms with Gasteiger partial charge in [-0.1, -0.05) is 11.6 Å². The minimum Gasteiger partial charge on any atom is -0.480 e. The second-order valence-electron chi connectivity index (χ2n) is 5.05. The number of halogens is 1. The van der Waals surface area contributed by atoms with Crippen molar-refractivity contribution >= 4 is 17.6 Å². The molecule has 1 rings (SSSR count). The van der Waals surface area contributed by atoms with E-state index in [0.29, 0.717) is 11.4 Å². The molecule has 0 aliphatic rings. The summed E-state index contributed by atoms with van der Waals surface area (Å²) in [6, 6.07) is 0. The SMILES string of the molecule is CNC(C)(CCCCn1nc(C)c(Cl)c1C)C(=O)O. The van der Waals surface area contributed by atoms with Crippen LogP contribution in [0.4, 0.5) is 0 Å². The highest BCUT2D eigenvalue weighted by Crippen LogP contribution is 2.20. The molecule has 0 aliphatic heterocycles. The number of carbonyl (C=O) groups is 1. The molecule has 0 fully saturated rings. The average molecular weight is 288 g/mol. The lowest BCUT2D eigenvalue weighted by atomic mass is 9.95. The summed E-state index contributed by atoms with van der Waals surface area (Å²) in [6.07, 6.45) is 2.29. The van der Waals surface area contributed by atoms with E-state index >= 15 is 0 Å². The fourth-order valence-corrected chi connectivity index (χ4v) is 2.11. The molecule has 0 amide bonds. The van der Waals surface area contributed by atoms with E-state index in [1.807, 2.05) is 18.5 Å². The van der Waals surface area contributed by atoms with E-state index in [1.165, 1.54) is 0 Å².